The van der Waals surface area contributed by atoms with Gasteiger partial charge in [0.1, 0.15) is 10.1 Å². The molecule has 7 nitrogen and oxygen atoms in total. The maximum Gasteiger partial charge on any atom is 0.262 e. The number of nitrogens with zero attached hydrogens (tertiary/aromatic N) is 3. The molecule has 0 N–H and O–H groups in total. The SMILES string of the molecule is O=C1c2ccccc2C(=O)N1CC(=O)N1c2ccccc2N(Cc2ccc(Cl)cc2)C(=O)[C@H]2CCCC21I. The van der Waals surface area contributed by atoms with Crippen molar-refractivity contribution in [3.8, 4) is 0 Å². The maximum absolute atomic E-state index is 14.1. The molecule has 2 aliphatic heterocycles. The predicted octanol–water partition coefficient (Wildman–Crippen LogP) is 5.45. The number of carbonyl (C=O) groups excluding carboxylic acids is 4. The molecular formula is C29H23ClIN3O4. The summed E-state index contributed by atoms with van der Waals surface area (Å²) in [4.78, 5) is 58.7. The zero-order valence-corrected chi connectivity index (χ0v) is 23.2. The second kappa shape index (κ2) is 9.50. The van der Waals surface area contributed by atoms with Crippen LogP contribution in [0.15, 0.2) is 72.8 Å². The van der Waals surface area contributed by atoms with Gasteiger partial charge in [0.15, 0.2) is 0 Å². The van der Waals surface area contributed by atoms with Gasteiger partial charge >= 0.3 is 0 Å². The number of alkyl halides is 1. The van der Waals surface area contributed by atoms with Crippen molar-refractivity contribution >= 4 is 69.2 Å². The van der Waals surface area contributed by atoms with Gasteiger partial charge in [-0.3, -0.25) is 29.0 Å². The molecule has 9 heteroatoms. The average molecular weight is 640 g/mol. The smallest absolute Gasteiger partial charge is 0.262 e. The first-order valence-electron chi connectivity index (χ1n) is 12.4. The molecule has 1 fully saturated rings. The number of hydrogen-bond acceptors (Lipinski definition) is 4. The van der Waals surface area contributed by atoms with Crippen LogP contribution in [-0.4, -0.2) is 38.6 Å². The number of imide groups is 1. The number of amides is 4. The van der Waals surface area contributed by atoms with Crippen LogP contribution in [0.1, 0.15) is 45.5 Å². The first-order chi connectivity index (χ1) is 18.3. The molecule has 1 unspecified atom stereocenters. The van der Waals surface area contributed by atoms with E-state index in [4.69, 9.17) is 11.6 Å². The summed E-state index contributed by atoms with van der Waals surface area (Å²) < 4.78 is -0.824. The van der Waals surface area contributed by atoms with Gasteiger partial charge in [-0.2, -0.15) is 0 Å². The van der Waals surface area contributed by atoms with Gasteiger partial charge in [0.2, 0.25) is 11.8 Å². The van der Waals surface area contributed by atoms with Crippen LogP contribution in [-0.2, 0) is 16.1 Å². The van der Waals surface area contributed by atoms with E-state index in [2.05, 4.69) is 22.6 Å². The molecule has 6 rings (SSSR count). The van der Waals surface area contributed by atoms with Gasteiger partial charge in [0.25, 0.3) is 11.8 Å². The van der Waals surface area contributed by atoms with Crippen LogP contribution in [0.4, 0.5) is 11.4 Å². The van der Waals surface area contributed by atoms with Gasteiger partial charge in [-0.25, -0.2) is 0 Å². The first kappa shape index (κ1) is 25.1. The van der Waals surface area contributed by atoms with Gasteiger partial charge in [-0.1, -0.05) is 70.6 Å². The molecule has 0 aromatic heterocycles. The lowest BCUT2D eigenvalue weighted by Crippen LogP contribution is -2.55. The van der Waals surface area contributed by atoms with Crippen molar-refractivity contribution in [2.75, 3.05) is 16.3 Å². The van der Waals surface area contributed by atoms with Crippen molar-refractivity contribution in [1.82, 2.24) is 4.90 Å². The summed E-state index contributed by atoms with van der Waals surface area (Å²) in [7, 11) is 0. The molecule has 1 saturated carbocycles. The molecule has 192 valence electrons. The Balaban J connectivity index is 1.40. The fourth-order valence-corrected chi connectivity index (χ4v) is 7.40. The summed E-state index contributed by atoms with van der Waals surface area (Å²) in [5.74, 6) is -1.83. The van der Waals surface area contributed by atoms with Crippen LogP contribution < -0.4 is 9.80 Å². The van der Waals surface area contributed by atoms with E-state index in [1.54, 1.807) is 46.2 Å². The number of fused-ring (bicyclic) bond motifs is 3. The average Bonchev–Trinajstić information content (AvgIpc) is 3.40. The van der Waals surface area contributed by atoms with Gasteiger partial charge in [-0.15, -0.1) is 0 Å². The number of benzene rings is 3. The second-order valence-electron chi connectivity index (χ2n) is 9.77. The Morgan fingerprint density at radius 3 is 2.13 bits per heavy atom. The molecule has 38 heavy (non-hydrogen) atoms. The fourth-order valence-electron chi connectivity index (χ4n) is 5.78. The van der Waals surface area contributed by atoms with Gasteiger partial charge < -0.3 is 4.90 Å². The van der Waals surface area contributed by atoms with E-state index in [9.17, 15) is 19.2 Å². The standard InChI is InChI=1S/C29H23ClIN3O4/c30-19-13-11-18(12-14-19)16-32-23-9-3-4-10-24(23)34(29(31)15-5-8-22(29)28(32)38)25(35)17-33-26(36)20-6-1-2-7-21(20)27(33)37/h1-4,6-7,9-14,22H,5,8,15-17H2/t22-,29?/m1/s1. The van der Waals surface area contributed by atoms with Crippen molar-refractivity contribution < 1.29 is 19.2 Å². The number of rotatable bonds is 4. The number of para-hydroxylation sites is 2. The lowest BCUT2D eigenvalue weighted by molar-refractivity contribution is -0.123. The molecule has 4 amide bonds. The highest BCUT2D eigenvalue weighted by Crippen LogP contribution is 2.53. The van der Waals surface area contributed by atoms with Crippen LogP contribution in [0.2, 0.25) is 5.02 Å². The summed E-state index contributed by atoms with van der Waals surface area (Å²) in [6.07, 6.45) is 2.05. The molecule has 3 aromatic carbocycles. The van der Waals surface area contributed by atoms with Crippen molar-refractivity contribution in [2.45, 2.75) is 29.4 Å². The molecule has 0 bridgehead atoms. The molecule has 0 spiro atoms. The van der Waals surface area contributed by atoms with Gasteiger partial charge in [0, 0.05) is 5.02 Å². The van der Waals surface area contributed by atoms with Gasteiger partial charge in [-0.05, 0) is 61.2 Å². The number of anilines is 2. The van der Waals surface area contributed by atoms with Crippen molar-refractivity contribution in [2.24, 2.45) is 5.92 Å². The molecule has 0 saturated heterocycles. The van der Waals surface area contributed by atoms with Crippen molar-refractivity contribution in [3.63, 3.8) is 0 Å². The fraction of sp³-hybridized carbons (Fsp3) is 0.241. The largest absolute Gasteiger partial charge is 0.306 e. The van der Waals surface area contributed by atoms with Crippen LogP contribution in [0.25, 0.3) is 0 Å². The number of halogens is 2. The Kier molecular flexibility index (Phi) is 6.26. The third-order valence-electron chi connectivity index (χ3n) is 7.58. The lowest BCUT2D eigenvalue weighted by Gasteiger charge is -2.39. The van der Waals surface area contributed by atoms with Crippen molar-refractivity contribution in [3.05, 3.63) is 94.5 Å². The highest BCUT2D eigenvalue weighted by molar-refractivity contribution is 14.1. The normalized spacial score (nSPS) is 22.3. The topological polar surface area (TPSA) is 78.0 Å². The van der Waals surface area contributed by atoms with Crippen molar-refractivity contribution in [1.29, 1.82) is 0 Å². The summed E-state index contributed by atoms with van der Waals surface area (Å²) in [5.41, 5.74) is 2.73. The Bertz CT molecular complexity index is 1460. The minimum absolute atomic E-state index is 0.0460. The van der Waals surface area contributed by atoms with Crippen LogP contribution >= 0.6 is 34.2 Å². The Morgan fingerprint density at radius 2 is 1.47 bits per heavy atom. The van der Waals surface area contributed by atoms with Crippen LogP contribution in [0.5, 0.6) is 0 Å². The summed E-state index contributed by atoms with van der Waals surface area (Å²) >= 11 is 8.33. The Labute approximate surface area is 238 Å². The zero-order chi connectivity index (χ0) is 26.6. The number of hydrogen-bond donors (Lipinski definition) is 0. The van der Waals surface area contributed by atoms with E-state index in [0.29, 0.717) is 46.9 Å². The second-order valence-corrected chi connectivity index (χ2v) is 12.1. The molecule has 0 radical (unpaired) electrons. The zero-order valence-electron chi connectivity index (χ0n) is 20.3. The molecular weight excluding hydrogens is 617 g/mol. The minimum Gasteiger partial charge on any atom is -0.306 e. The summed E-state index contributed by atoms with van der Waals surface area (Å²) in [5, 5.41) is 0.614. The Morgan fingerprint density at radius 1 is 0.868 bits per heavy atom. The van der Waals surface area contributed by atoms with E-state index in [-0.39, 0.29) is 5.91 Å². The quantitative estimate of drug-likeness (QED) is 0.165. The third kappa shape index (κ3) is 3.92. The lowest BCUT2D eigenvalue weighted by atomic mass is 10.0. The van der Waals surface area contributed by atoms with Gasteiger partial charge in [0.05, 0.1) is 35.0 Å². The minimum atomic E-state index is -0.824. The van der Waals surface area contributed by atoms with Crippen LogP contribution in [0.3, 0.4) is 0 Å². The number of carbonyl (C=O) groups is 4. The van der Waals surface area contributed by atoms with E-state index in [0.717, 1.165) is 16.9 Å². The van der Waals surface area contributed by atoms with E-state index < -0.39 is 33.7 Å². The van der Waals surface area contributed by atoms with E-state index >= 15 is 0 Å². The molecule has 2 atom stereocenters. The highest BCUT2D eigenvalue weighted by Gasteiger charge is 2.55. The molecule has 1 aliphatic carbocycles. The van der Waals surface area contributed by atoms with E-state index in [1.165, 1.54) is 0 Å². The summed E-state index contributed by atoms with van der Waals surface area (Å²) in [6.45, 7) is -0.0692. The monoisotopic (exact) mass is 639 g/mol. The molecule has 3 aliphatic rings. The summed E-state index contributed by atoms with van der Waals surface area (Å²) in [6, 6.07) is 21.3. The molecule has 2 heterocycles. The Hall–Kier alpha value is -3.24. The van der Waals surface area contributed by atoms with E-state index in [1.807, 2.05) is 36.4 Å². The molecule has 3 aromatic rings. The van der Waals surface area contributed by atoms with Crippen LogP contribution in [0, 0.1) is 5.92 Å². The third-order valence-corrected chi connectivity index (χ3v) is 9.60. The maximum atomic E-state index is 14.1. The highest BCUT2D eigenvalue weighted by atomic mass is 127. The first-order valence-corrected chi connectivity index (χ1v) is 13.9. The predicted molar refractivity (Wildman–Crippen MR) is 152 cm³/mol.